The first kappa shape index (κ1) is 15.2. The topological polar surface area (TPSA) is 88.2 Å². The molecular formula is C16H18N4O3S. The Balaban J connectivity index is 1.88. The lowest BCUT2D eigenvalue weighted by molar-refractivity contribution is 0.420. The van der Waals surface area contributed by atoms with Crippen molar-refractivity contribution in [3.05, 3.63) is 24.5 Å². The van der Waals surface area contributed by atoms with Gasteiger partial charge in [-0.2, -0.15) is 0 Å². The number of aromatic amines is 1. The second-order valence-corrected chi connectivity index (χ2v) is 8.33. The van der Waals surface area contributed by atoms with Crippen molar-refractivity contribution in [1.29, 1.82) is 0 Å². The Morgan fingerprint density at radius 1 is 1.33 bits per heavy atom. The first-order valence-corrected chi connectivity index (χ1v) is 9.55. The molecule has 0 spiro atoms. The van der Waals surface area contributed by atoms with E-state index < -0.39 is 9.84 Å². The maximum atomic E-state index is 11.8. The van der Waals surface area contributed by atoms with Gasteiger partial charge in [-0.3, -0.25) is 0 Å². The fourth-order valence-electron chi connectivity index (χ4n) is 3.39. The normalized spacial score (nSPS) is 19.8. The van der Waals surface area contributed by atoms with Gasteiger partial charge in [0.05, 0.1) is 29.5 Å². The number of nitrogens with zero attached hydrogens (tertiary/aromatic N) is 3. The average Bonchev–Trinajstić information content (AvgIpc) is 3.13. The van der Waals surface area contributed by atoms with Gasteiger partial charge in [0.25, 0.3) is 0 Å². The van der Waals surface area contributed by atoms with Crippen LogP contribution in [0.5, 0.6) is 5.75 Å². The third-order valence-electron chi connectivity index (χ3n) is 4.66. The molecule has 24 heavy (non-hydrogen) atoms. The van der Waals surface area contributed by atoms with Crippen LogP contribution in [-0.4, -0.2) is 55.1 Å². The molecule has 0 radical (unpaired) electrons. The lowest BCUT2D eigenvalue weighted by atomic mass is 10.2. The third-order valence-corrected chi connectivity index (χ3v) is 6.41. The SMILES string of the molecule is COc1cccc2[nH]c3c(N(C)C4CCS(=O)(=O)C4)ncnc3c12. The van der Waals surface area contributed by atoms with Crippen LogP contribution in [-0.2, 0) is 9.84 Å². The second kappa shape index (κ2) is 5.34. The molecule has 7 nitrogen and oxygen atoms in total. The molecule has 3 aromatic rings. The number of hydrogen-bond acceptors (Lipinski definition) is 6. The van der Waals surface area contributed by atoms with Crippen molar-refractivity contribution in [3.8, 4) is 5.75 Å². The van der Waals surface area contributed by atoms with Crippen LogP contribution < -0.4 is 9.64 Å². The van der Waals surface area contributed by atoms with Crippen LogP contribution in [0, 0.1) is 0 Å². The highest BCUT2D eigenvalue weighted by Gasteiger charge is 2.32. The molecule has 1 aromatic carbocycles. The van der Waals surface area contributed by atoms with E-state index in [1.807, 2.05) is 30.1 Å². The molecule has 0 aliphatic carbocycles. The van der Waals surface area contributed by atoms with E-state index >= 15 is 0 Å². The molecule has 2 aromatic heterocycles. The summed E-state index contributed by atoms with van der Waals surface area (Å²) in [6, 6.07) is 5.70. The Bertz CT molecular complexity index is 1030. The Morgan fingerprint density at radius 3 is 2.88 bits per heavy atom. The fraction of sp³-hybridized carbons (Fsp3) is 0.375. The summed E-state index contributed by atoms with van der Waals surface area (Å²) in [5.41, 5.74) is 2.49. The van der Waals surface area contributed by atoms with Gasteiger partial charge in [-0.25, -0.2) is 18.4 Å². The van der Waals surface area contributed by atoms with Crippen LogP contribution in [0.25, 0.3) is 21.9 Å². The summed E-state index contributed by atoms with van der Waals surface area (Å²) in [4.78, 5) is 14.1. The van der Waals surface area contributed by atoms with Crippen molar-refractivity contribution in [2.75, 3.05) is 30.6 Å². The Labute approximate surface area is 139 Å². The zero-order valence-electron chi connectivity index (χ0n) is 13.5. The molecule has 0 saturated carbocycles. The van der Waals surface area contributed by atoms with Crippen LogP contribution in [0.4, 0.5) is 5.82 Å². The zero-order valence-corrected chi connectivity index (χ0v) is 14.3. The van der Waals surface area contributed by atoms with Gasteiger partial charge in [-0.05, 0) is 18.6 Å². The molecule has 1 N–H and O–H groups in total. The minimum atomic E-state index is -2.95. The summed E-state index contributed by atoms with van der Waals surface area (Å²) in [5.74, 6) is 1.85. The number of rotatable bonds is 3. The van der Waals surface area contributed by atoms with Crippen LogP contribution >= 0.6 is 0 Å². The van der Waals surface area contributed by atoms with Crippen molar-refractivity contribution in [1.82, 2.24) is 15.0 Å². The number of fused-ring (bicyclic) bond motifs is 3. The smallest absolute Gasteiger partial charge is 0.156 e. The number of benzene rings is 1. The van der Waals surface area contributed by atoms with Crippen molar-refractivity contribution in [3.63, 3.8) is 0 Å². The molecule has 1 aliphatic rings. The fourth-order valence-corrected chi connectivity index (χ4v) is 5.16. The van der Waals surface area contributed by atoms with Crippen molar-refractivity contribution in [2.24, 2.45) is 0 Å². The minimum Gasteiger partial charge on any atom is -0.496 e. The summed E-state index contributed by atoms with van der Waals surface area (Å²) >= 11 is 0. The van der Waals surface area contributed by atoms with Gasteiger partial charge < -0.3 is 14.6 Å². The summed E-state index contributed by atoms with van der Waals surface area (Å²) in [5, 5.41) is 0.908. The predicted octanol–water partition coefficient (Wildman–Crippen LogP) is 1.74. The number of nitrogens with one attached hydrogen (secondary N) is 1. The van der Waals surface area contributed by atoms with E-state index in [-0.39, 0.29) is 17.5 Å². The lowest BCUT2D eigenvalue weighted by Gasteiger charge is -2.24. The molecule has 126 valence electrons. The molecule has 1 saturated heterocycles. The summed E-state index contributed by atoms with van der Waals surface area (Å²) < 4.78 is 29.0. The maximum absolute atomic E-state index is 11.8. The van der Waals surface area contributed by atoms with Gasteiger partial charge in [0, 0.05) is 13.1 Å². The quantitative estimate of drug-likeness (QED) is 0.777. The minimum absolute atomic E-state index is 0.0681. The molecular weight excluding hydrogens is 328 g/mol. The first-order chi connectivity index (χ1) is 11.5. The molecule has 8 heteroatoms. The van der Waals surface area contributed by atoms with E-state index in [9.17, 15) is 8.42 Å². The number of ether oxygens (including phenoxy) is 1. The van der Waals surface area contributed by atoms with Gasteiger partial charge in [0.15, 0.2) is 15.7 Å². The largest absolute Gasteiger partial charge is 0.496 e. The summed E-state index contributed by atoms with van der Waals surface area (Å²) in [6.45, 7) is 0. The average molecular weight is 346 g/mol. The predicted molar refractivity (Wildman–Crippen MR) is 93.4 cm³/mol. The number of methoxy groups -OCH3 is 1. The first-order valence-electron chi connectivity index (χ1n) is 7.73. The van der Waals surface area contributed by atoms with E-state index in [2.05, 4.69) is 15.0 Å². The van der Waals surface area contributed by atoms with E-state index in [0.29, 0.717) is 12.2 Å². The van der Waals surface area contributed by atoms with Gasteiger partial charge in [0.2, 0.25) is 0 Å². The maximum Gasteiger partial charge on any atom is 0.156 e. The van der Waals surface area contributed by atoms with Crippen LogP contribution in [0.1, 0.15) is 6.42 Å². The standard InChI is InChI=1S/C16H18N4O3S/c1-20(10-6-7-24(21,22)8-10)16-15-14(17-9-18-16)13-11(19-15)4-3-5-12(13)23-2/h3-5,9-10,19H,6-8H2,1-2H3. The molecule has 1 atom stereocenters. The number of H-pyrrole nitrogens is 1. The van der Waals surface area contributed by atoms with Crippen LogP contribution in [0.2, 0.25) is 0 Å². The lowest BCUT2D eigenvalue weighted by Crippen LogP contribution is -2.33. The molecule has 0 amide bonds. The number of aromatic nitrogens is 3. The van der Waals surface area contributed by atoms with Crippen molar-refractivity contribution >= 4 is 37.6 Å². The molecule has 1 aliphatic heterocycles. The van der Waals surface area contributed by atoms with E-state index in [1.54, 1.807) is 7.11 Å². The molecule has 0 bridgehead atoms. The van der Waals surface area contributed by atoms with Crippen molar-refractivity contribution < 1.29 is 13.2 Å². The molecule has 4 rings (SSSR count). The second-order valence-electron chi connectivity index (χ2n) is 6.10. The summed E-state index contributed by atoms with van der Waals surface area (Å²) in [7, 11) is 0.563. The van der Waals surface area contributed by atoms with Crippen LogP contribution in [0.3, 0.4) is 0 Å². The highest BCUT2D eigenvalue weighted by atomic mass is 32.2. The van der Waals surface area contributed by atoms with Crippen molar-refractivity contribution in [2.45, 2.75) is 12.5 Å². The third kappa shape index (κ3) is 2.29. The summed E-state index contributed by atoms with van der Waals surface area (Å²) in [6.07, 6.45) is 2.13. The van der Waals surface area contributed by atoms with Gasteiger partial charge in [0.1, 0.15) is 23.1 Å². The highest BCUT2D eigenvalue weighted by molar-refractivity contribution is 7.91. The number of hydrogen-bond donors (Lipinski definition) is 1. The van der Waals surface area contributed by atoms with Crippen LogP contribution in [0.15, 0.2) is 24.5 Å². The molecule has 1 unspecified atom stereocenters. The van der Waals surface area contributed by atoms with E-state index in [1.165, 1.54) is 6.33 Å². The van der Waals surface area contributed by atoms with E-state index in [4.69, 9.17) is 4.74 Å². The zero-order chi connectivity index (χ0) is 16.9. The Morgan fingerprint density at radius 2 is 2.17 bits per heavy atom. The highest BCUT2D eigenvalue weighted by Crippen LogP contribution is 2.35. The molecule has 3 heterocycles. The van der Waals surface area contributed by atoms with Gasteiger partial charge >= 0.3 is 0 Å². The van der Waals surface area contributed by atoms with Gasteiger partial charge in [-0.15, -0.1) is 0 Å². The Kier molecular flexibility index (Phi) is 3.38. The Hall–Kier alpha value is -2.35. The van der Waals surface area contributed by atoms with Gasteiger partial charge in [-0.1, -0.05) is 6.07 Å². The van der Waals surface area contributed by atoms with E-state index in [0.717, 1.165) is 27.7 Å². The molecule has 1 fully saturated rings. The number of anilines is 1. The number of sulfone groups is 1. The monoisotopic (exact) mass is 346 g/mol.